The number of methoxy groups -OCH3 is 1. The average Bonchev–Trinajstić information content (AvgIpc) is 2.87. The van der Waals surface area contributed by atoms with Crippen molar-refractivity contribution in [1.29, 1.82) is 0 Å². The predicted molar refractivity (Wildman–Crippen MR) is 78.2 cm³/mol. The van der Waals surface area contributed by atoms with Gasteiger partial charge in [0.15, 0.2) is 4.67 Å². The van der Waals surface area contributed by atoms with E-state index in [1.807, 2.05) is 0 Å². The topological polar surface area (TPSA) is 60.7 Å². The lowest BCUT2D eigenvalue weighted by Crippen LogP contribution is -2.11. The second-order valence-electron chi connectivity index (χ2n) is 3.93. The number of carbonyl (C=O) groups is 1. The summed E-state index contributed by atoms with van der Waals surface area (Å²) in [5.74, 6) is 0.489. The first-order valence-electron chi connectivity index (χ1n) is 5.97. The normalized spacial score (nSPS) is 10.3. The first kappa shape index (κ1) is 14.6. The van der Waals surface area contributed by atoms with Crippen molar-refractivity contribution < 1.29 is 18.7 Å². The van der Waals surface area contributed by atoms with Crippen LogP contribution in [0.2, 0.25) is 0 Å². The highest BCUT2D eigenvalue weighted by atomic mass is 79.9. The molecule has 0 aliphatic rings. The van der Waals surface area contributed by atoms with Crippen molar-refractivity contribution in [3.63, 3.8) is 0 Å². The largest absolute Gasteiger partial charge is 0.491 e. The van der Waals surface area contributed by atoms with E-state index < -0.39 is 0 Å². The third-order valence-corrected chi connectivity index (χ3v) is 3.15. The van der Waals surface area contributed by atoms with E-state index >= 15 is 0 Å². The van der Waals surface area contributed by atoms with Crippen LogP contribution in [-0.4, -0.2) is 26.2 Å². The summed E-state index contributed by atoms with van der Waals surface area (Å²) in [6.07, 6.45) is 1.45. The predicted octanol–water partition coefficient (Wildman–Crippen LogP) is 3.32. The molecule has 0 saturated carbocycles. The molecule has 0 bridgehead atoms. The Morgan fingerprint density at radius 1 is 1.25 bits per heavy atom. The molecule has 1 N–H and O–H groups in total. The van der Waals surface area contributed by atoms with Gasteiger partial charge in [0.25, 0.3) is 5.91 Å². The third kappa shape index (κ3) is 3.85. The number of ether oxygens (including phenoxy) is 2. The van der Waals surface area contributed by atoms with Crippen molar-refractivity contribution in [3.8, 4) is 5.75 Å². The Labute approximate surface area is 125 Å². The standard InChI is InChI=1S/C14H14BrNO4/c1-18-8-9-19-11-4-2-10(3-5-11)16-14(17)12-6-7-20-13(12)15/h2-7H,8-9H2,1H3,(H,16,17). The zero-order chi connectivity index (χ0) is 14.4. The number of carbonyl (C=O) groups excluding carboxylic acids is 1. The zero-order valence-electron chi connectivity index (χ0n) is 10.9. The van der Waals surface area contributed by atoms with E-state index in [1.165, 1.54) is 6.26 Å². The summed E-state index contributed by atoms with van der Waals surface area (Å²) in [5.41, 5.74) is 1.13. The first-order valence-corrected chi connectivity index (χ1v) is 6.76. The smallest absolute Gasteiger partial charge is 0.260 e. The Morgan fingerprint density at radius 2 is 2.00 bits per heavy atom. The van der Waals surface area contributed by atoms with E-state index in [-0.39, 0.29) is 5.91 Å². The molecule has 1 aromatic heterocycles. The maximum absolute atomic E-state index is 11.9. The van der Waals surface area contributed by atoms with E-state index in [0.29, 0.717) is 29.1 Å². The number of halogens is 1. The second kappa shape index (κ2) is 7.12. The number of hydrogen-bond acceptors (Lipinski definition) is 4. The van der Waals surface area contributed by atoms with E-state index in [9.17, 15) is 4.79 Å². The molecule has 2 rings (SSSR count). The fourth-order valence-corrected chi connectivity index (χ4v) is 1.95. The number of furan rings is 1. The minimum Gasteiger partial charge on any atom is -0.491 e. The van der Waals surface area contributed by atoms with Crippen LogP contribution >= 0.6 is 15.9 Å². The number of hydrogen-bond donors (Lipinski definition) is 1. The Kier molecular flexibility index (Phi) is 5.20. The lowest BCUT2D eigenvalue weighted by atomic mass is 10.2. The summed E-state index contributed by atoms with van der Waals surface area (Å²) in [4.78, 5) is 11.9. The van der Waals surface area contributed by atoms with Gasteiger partial charge in [0.1, 0.15) is 12.4 Å². The molecule has 2 aromatic rings. The molecule has 5 nitrogen and oxygen atoms in total. The van der Waals surface area contributed by atoms with Gasteiger partial charge < -0.3 is 19.2 Å². The maximum atomic E-state index is 11.9. The van der Waals surface area contributed by atoms with Gasteiger partial charge in [-0.2, -0.15) is 0 Å². The van der Waals surface area contributed by atoms with Crippen molar-refractivity contribution in [3.05, 3.63) is 46.8 Å². The monoisotopic (exact) mass is 339 g/mol. The van der Waals surface area contributed by atoms with Crippen molar-refractivity contribution in [2.75, 3.05) is 25.6 Å². The number of anilines is 1. The van der Waals surface area contributed by atoms with Crippen molar-refractivity contribution >= 4 is 27.5 Å². The molecule has 0 aliphatic heterocycles. The van der Waals surface area contributed by atoms with Gasteiger partial charge >= 0.3 is 0 Å². The molecule has 106 valence electrons. The molecule has 0 spiro atoms. The Morgan fingerprint density at radius 3 is 2.60 bits per heavy atom. The summed E-state index contributed by atoms with van der Waals surface area (Å²) < 4.78 is 15.8. The van der Waals surface area contributed by atoms with Crippen LogP contribution in [0.5, 0.6) is 5.75 Å². The number of amides is 1. The number of benzene rings is 1. The molecule has 0 atom stereocenters. The van der Waals surface area contributed by atoms with Gasteiger partial charge in [-0.1, -0.05) is 0 Å². The van der Waals surface area contributed by atoms with E-state index in [4.69, 9.17) is 13.9 Å². The molecule has 0 radical (unpaired) electrons. The van der Waals surface area contributed by atoms with Crippen LogP contribution in [0.15, 0.2) is 45.7 Å². The zero-order valence-corrected chi connectivity index (χ0v) is 12.5. The first-order chi connectivity index (χ1) is 9.70. The van der Waals surface area contributed by atoms with Crippen molar-refractivity contribution in [2.45, 2.75) is 0 Å². The van der Waals surface area contributed by atoms with Gasteiger partial charge in [0.2, 0.25) is 0 Å². The lowest BCUT2D eigenvalue weighted by Gasteiger charge is -2.07. The summed E-state index contributed by atoms with van der Waals surface area (Å²) in [7, 11) is 1.62. The van der Waals surface area contributed by atoms with Crippen LogP contribution in [0.25, 0.3) is 0 Å². The molecule has 0 saturated heterocycles. The molecule has 1 heterocycles. The highest BCUT2D eigenvalue weighted by Crippen LogP contribution is 2.20. The molecule has 0 unspecified atom stereocenters. The van der Waals surface area contributed by atoms with Crippen molar-refractivity contribution in [2.24, 2.45) is 0 Å². The molecule has 0 fully saturated rings. The summed E-state index contributed by atoms with van der Waals surface area (Å²) >= 11 is 3.17. The Hall–Kier alpha value is -1.79. The molecule has 1 aromatic carbocycles. The van der Waals surface area contributed by atoms with E-state index in [0.717, 1.165) is 5.75 Å². The molecular formula is C14H14BrNO4. The van der Waals surface area contributed by atoms with Gasteiger partial charge in [-0.05, 0) is 46.3 Å². The summed E-state index contributed by atoms with van der Waals surface area (Å²) in [6, 6.07) is 8.72. The fourth-order valence-electron chi connectivity index (χ4n) is 1.53. The van der Waals surface area contributed by atoms with Gasteiger partial charge in [0, 0.05) is 12.8 Å². The van der Waals surface area contributed by atoms with Crippen LogP contribution in [-0.2, 0) is 4.74 Å². The van der Waals surface area contributed by atoms with Gasteiger partial charge in [-0.15, -0.1) is 0 Å². The highest BCUT2D eigenvalue weighted by Gasteiger charge is 2.12. The Balaban J connectivity index is 1.93. The average molecular weight is 340 g/mol. The molecule has 0 aliphatic carbocycles. The van der Waals surface area contributed by atoms with Crippen LogP contribution in [0.1, 0.15) is 10.4 Å². The molecule has 1 amide bonds. The summed E-state index contributed by atoms with van der Waals surface area (Å²) in [6.45, 7) is 1.02. The highest BCUT2D eigenvalue weighted by molar-refractivity contribution is 9.10. The van der Waals surface area contributed by atoms with Crippen LogP contribution in [0, 0.1) is 0 Å². The number of nitrogens with one attached hydrogen (secondary N) is 1. The minimum atomic E-state index is -0.237. The van der Waals surface area contributed by atoms with Crippen LogP contribution < -0.4 is 10.1 Å². The SMILES string of the molecule is COCCOc1ccc(NC(=O)c2ccoc2Br)cc1. The lowest BCUT2D eigenvalue weighted by molar-refractivity contribution is 0.102. The third-order valence-electron chi connectivity index (χ3n) is 2.53. The quantitative estimate of drug-likeness (QED) is 0.820. The van der Waals surface area contributed by atoms with Gasteiger partial charge in [-0.25, -0.2) is 0 Å². The van der Waals surface area contributed by atoms with Gasteiger partial charge in [0.05, 0.1) is 18.4 Å². The summed E-state index contributed by atoms with van der Waals surface area (Å²) in [5, 5.41) is 2.77. The minimum absolute atomic E-state index is 0.237. The number of rotatable bonds is 6. The van der Waals surface area contributed by atoms with Crippen LogP contribution in [0.4, 0.5) is 5.69 Å². The molecule has 6 heteroatoms. The Bertz CT molecular complexity index is 565. The second-order valence-corrected chi connectivity index (χ2v) is 4.65. The van der Waals surface area contributed by atoms with E-state index in [2.05, 4.69) is 21.2 Å². The van der Waals surface area contributed by atoms with Crippen molar-refractivity contribution in [1.82, 2.24) is 0 Å². The van der Waals surface area contributed by atoms with Crippen LogP contribution in [0.3, 0.4) is 0 Å². The fraction of sp³-hybridized carbons (Fsp3) is 0.214. The van der Waals surface area contributed by atoms with E-state index in [1.54, 1.807) is 37.4 Å². The molecular weight excluding hydrogens is 326 g/mol. The maximum Gasteiger partial charge on any atom is 0.260 e. The van der Waals surface area contributed by atoms with Gasteiger partial charge in [-0.3, -0.25) is 4.79 Å². The molecule has 20 heavy (non-hydrogen) atoms.